The Kier molecular flexibility index (Phi) is 4.36. The molecular formula is C19H16FNO2S. The highest BCUT2D eigenvalue weighted by molar-refractivity contribution is 7.90. The van der Waals surface area contributed by atoms with Gasteiger partial charge in [-0.3, -0.25) is 0 Å². The molecule has 0 aliphatic rings. The van der Waals surface area contributed by atoms with E-state index in [1.165, 1.54) is 16.1 Å². The van der Waals surface area contributed by atoms with Crippen molar-refractivity contribution < 1.29 is 12.8 Å². The van der Waals surface area contributed by atoms with Crippen LogP contribution in [0.15, 0.2) is 67.4 Å². The van der Waals surface area contributed by atoms with Gasteiger partial charge in [0.15, 0.2) is 0 Å². The van der Waals surface area contributed by atoms with Crippen molar-refractivity contribution in [1.29, 1.82) is 0 Å². The monoisotopic (exact) mass is 341 g/mol. The highest BCUT2D eigenvalue weighted by Crippen LogP contribution is 2.22. The Morgan fingerprint density at radius 3 is 2.54 bits per heavy atom. The number of halogens is 1. The Balaban J connectivity index is 1.88. The van der Waals surface area contributed by atoms with Crippen LogP contribution in [0.4, 0.5) is 4.39 Å². The molecular weight excluding hydrogens is 325 g/mol. The number of hydrogen-bond acceptors (Lipinski definition) is 2. The van der Waals surface area contributed by atoms with Crippen molar-refractivity contribution in [2.45, 2.75) is 0 Å². The van der Waals surface area contributed by atoms with Gasteiger partial charge in [0.2, 0.25) is 10.0 Å². The predicted octanol–water partition coefficient (Wildman–Crippen LogP) is 4.31. The van der Waals surface area contributed by atoms with Crippen LogP contribution in [0.1, 0.15) is 11.1 Å². The normalized spacial score (nSPS) is 12.0. The summed E-state index contributed by atoms with van der Waals surface area (Å²) in [5.41, 5.74) is 2.27. The van der Waals surface area contributed by atoms with E-state index in [2.05, 4.69) is 6.58 Å². The summed E-state index contributed by atoms with van der Waals surface area (Å²) < 4.78 is 39.3. The second-order valence-electron chi connectivity index (χ2n) is 5.33. The molecule has 5 heteroatoms. The molecule has 0 spiro atoms. The molecule has 0 aliphatic heterocycles. The van der Waals surface area contributed by atoms with Crippen LogP contribution in [0.3, 0.4) is 0 Å². The lowest BCUT2D eigenvalue weighted by molar-refractivity contribution is 0.592. The Bertz CT molecular complexity index is 1020. The maximum atomic E-state index is 12.9. The zero-order valence-electron chi connectivity index (χ0n) is 12.9. The zero-order valence-corrected chi connectivity index (χ0v) is 13.7. The predicted molar refractivity (Wildman–Crippen MR) is 96.6 cm³/mol. The fourth-order valence-corrected chi connectivity index (χ4v) is 3.75. The van der Waals surface area contributed by atoms with Crippen LogP contribution < -0.4 is 0 Å². The Labute approximate surface area is 140 Å². The first kappa shape index (κ1) is 16.2. The van der Waals surface area contributed by atoms with Crippen molar-refractivity contribution >= 4 is 33.1 Å². The minimum atomic E-state index is -3.53. The minimum absolute atomic E-state index is 0.146. The largest absolute Gasteiger partial charge is 0.245 e. The minimum Gasteiger partial charge on any atom is -0.245 e. The fourth-order valence-electron chi connectivity index (χ4n) is 2.55. The molecule has 3 aromatic rings. The molecule has 0 bridgehead atoms. The van der Waals surface area contributed by atoms with Crippen LogP contribution in [0.5, 0.6) is 0 Å². The van der Waals surface area contributed by atoms with Gasteiger partial charge in [-0.1, -0.05) is 49.1 Å². The van der Waals surface area contributed by atoms with E-state index in [9.17, 15) is 12.8 Å². The van der Waals surface area contributed by atoms with Gasteiger partial charge in [0.25, 0.3) is 0 Å². The van der Waals surface area contributed by atoms with Crippen molar-refractivity contribution in [3.63, 3.8) is 0 Å². The van der Waals surface area contributed by atoms with Gasteiger partial charge in [-0.05, 0) is 35.4 Å². The van der Waals surface area contributed by atoms with E-state index in [1.807, 2.05) is 6.07 Å². The fraction of sp³-hybridized carbons (Fsp3) is 0.0526. The SMILES string of the molecule is C=Cc1cccc2c1ccn2S(=O)(=O)CC=Cc1ccc(F)cc1. The summed E-state index contributed by atoms with van der Waals surface area (Å²) in [6.07, 6.45) is 6.48. The highest BCUT2D eigenvalue weighted by Gasteiger charge is 2.14. The molecule has 0 unspecified atom stereocenters. The summed E-state index contributed by atoms with van der Waals surface area (Å²) in [4.78, 5) is 0. The van der Waals surface area contributed by atoms with E-state index >= 15 is 0 Å². The molecule has 0 fully saturated rings. The third-order valence-corrected chi connectivity index (χ3v) is 5.27. The van der Waals surface area contributed by atoms with E-state index in [0.717, 1.165) is 16.5 Å². The molecule has 0 saturated heterocycles. The quantitative estimate of drug-likeness (QED) is 0.693. The molecule has 3 nitrogen and oxygen atoms in total. The van der Waals surface area contributed by atoms with Crippen LogP contribution in [0.2, 0.25) is 0 Å². The van der Waals surface area contributed by atoms with Crippen molar-refractivity contribution in [3.8, 4) is 0 Å². The first-order chi connectivity index (χ1) is 11.5. The van der Waals surface area contributed by atoms with Crippen molar-refractivity contribution in [2.24, 2.45) is 0 Å². The Hall–Kier alpha value is -2.66. The standard InChI is InChI=1S/C19H16FNO2S/c1-2-16-6-3-7-19-18(16)12-13-21(19)24(22,23)14-4-5-15-8-10-17(20)11-9-15/h2-13H,1,14H2. The first-order valence-corrected chi connectivity index (χ1v) is 9.00. The molecule has 2 aromatic carbocycles. The summed E-state index contributed by atoms with van der Waals surface area (Å²) >= 11 is 0. The summed E-state index contributed by atoms with van der Waals surface area (Å²) in [6, 6.07) is 13.1. The second-order valence-corrected chi connectivity index (χ2v) is 7.22. The van der Waals surface area contributed by atoms with Gasteiger partial charge in [-0.15, -0.1) is 0 Å². The summed E-state index contributed by atoms with van der Waals surface area (Å²) in [5.74, 6) is -0.469. The van der Waals surface area contributed by atoms with Gasteiger partial charge in [0.1, 0.15) is 5.82 Å². The second kappa shape index (κ2) is 6.45. The molecule has 0 aliphatic carbocycles. The maximum absolute atomic E-state index is 12.9. The number of fused-ring (bicyclic) bond motifs is 1. The summed E-state index contributed by atoms with van der Waals surface area (Å²) in [5, 5.41) is 0.846. The number of nitrogens with zero attached hydrogens (tertiary/aromatic N) is 1. The van der Waals surface area contributed by atoms with E-state index in [0.29, 0.717) is 5.52 Å². The molecule has 1 aromatic heterocycles. The van der Waals surface area contributed by atoms with E-state index in [1.54, 1.807) is 54.8 Å². The van der Waals surface area contributed by atoms with E-state index in [-0.39, 0.29) is 11.6 Å². The van der Waals surface area contributed by atoms with Crippen LogP contribution in [-0.4, -0.2) is 18.1 Å². The lowest BCUT2D eigenvalue weighted by Crippen LogP contribution is -2.14. The molecule has 24 heavy (non-hydrogen) atoms. The number of hydrogen-bond donors (Lipinski definition) is 0. The van der Waals surface area contributed by atoms with Crippen molar-refractivity contribution in [2.75, 3.05) is 5.75 Å². The van der Waals surface area contributed by atoms with Gasteiger partial charge in [-0.25, -0.2) is 16.8 Å². The molecule has 0 N–H and O–H groups in total. The third kappa shape index (κ3) is 3.16. The van der Waals surface area contributed by atoms with Gasteiger partial charge < -0.3 is 0 Å². The van der Waals surface area contributed by atoms with Gasteiger partial charge >= 0.3 is 0 Å². The smallest absolute Gasteiger partial charge is 0.242 e. The summed E-state index contributed by atoms with van der Waals surface area (Å²) in [7, 11) is -3.53. The lowest BCUT2D eigenvalue weighted by atomic mass is 10.1. The number of aromatic nitrogens is 1. The highest BCUT2D eigenvalue weighted by atomic mass is 32.2. The number of rotatable bonds is 5. The van der Waals surface area contributed by atoms with Crippen LogP contribution in [0.25, 0.3) is 23.1 Å². The van der Waals surface area contributed by atoms with Gasteiger partial charge in [-0.2, -0.15) is 0 Å². The third-order valence-electron chi connectivity index (χ3n) is 3.74. The topological polar surface area (TPSA) is 39.1 Å². The van der Waals surface area contributed by atoms with Gasteiger partial charge in [0, 0.05) is 11.6 Å². The first-order valence-electron chi connectivity index (χ1n) is 7.39. The van der Waals surface area contributed by atoms with Crippen LogP contribution in [-0.2, 0) is 10.0 Å². The molecule has 0 amide bonds. The average Bonchev–Trinajstić information content (AvgIpc) is 3.01. The Morgan fingerprint density at radius 1 is 1.08 bits per heavy atom. The van der Waals surface area contributed by atoms with Crippen molar-refractivity contribution in [3.05, 3.63) is 84.3 Å². The van der Waals surface area contributed by atoms with E-state index < -0.39 is 10.0 Å². The lowest BCUT2D eigenvalue weighted by Gasteiger charge is -2.06. The van der Waals surface area contributed by atoms with Crippen LogP contribution >= 0.6 is 0 Å². The average molecular weight is 341 g/mol. The summed E-state index contributed by atoms with van der Waals surface area (Å²) in [6.45, 7) is 3.75. The van der Waals surface area contributed by atoms with Crippen molar-refractivity contribution in [1.82, 2.24) is 3.97 Å². The van der Waals surface area contributed by atoms with E-state index in [4.69, 9.17) is 0 Å². The maximum Gasteiger partial charge on any atom is 0.242 e. The number of benzene rings is 2. The van der Waals surface area contributed by atoms with Crippen LogP contribution in [0, 0.1) is 5.82 Å². The molecule has 122 valence electrons. The van der Waals surface area contributed by atoms with Gasteiger partial charge in [0.05, 0.1) is 11.3 Å². The molecule has 0 atom stereocenters. The molecule has 1 heterocycles. The molecule has 3 rings (SSSR count). The molecule has 0 saturated carbocycles. The molecule has 0 radical (unpaired) electrons. The zero-order chi connectivity index (χ0) is 17.2. The Morgan fingerprint density at radius 2 is 1.83 bits per heavy atom.